The van der Waals surface area contributed by atoms with Gasteiger partial charge in [-0.05, 0) is 42.7 Å². The molecule has 1 heterocycles. The average Bonchev–Trinajstić information content (AvgIpc) is 3.19. The number of thiophene rings is 1. The number of nitrogens with one attached hydrogen (secondary N) is 1. The van der Waals surface area contributed by atoms with Crippen molar-refractivity contribution in [2.75, 3.05) is 13.6 Å². The highest BCUT2D eigenvalue weighted by molar-refractivity contribution is 7.17. The molecule has 28 heavy (non-hydrogen) atoms. The Hall–Kier alpha value is -2.97. The van der Waals surface area contributed by atoms with E-state index in [1.165, 1.54) is 17.4 Å². The fraction of sp³-hybridized carbons (Fsp3) is 0.200. The Morgan fingerprint density at radius 1 is 1.11 bits per heavy atom. The number of benzene rings is 2. The molecule has 0 fully saturated rings. The van der Waals surface area contributed by atoms with Crippen LogP contribution >= 0.6 is 11.3 Å². The van der Waals surface area contributed by atoms with Gasteiger partial charge < -0.3 is 20.3 Å². The first-order chi connectivity index (χ1) is 13.4. The lowest BCUT2D eigenvalue weighted by Gasteiger charge is -2.20. The lowest BCUT2D eigenvalue weighted by atomic mass is 10.1. The number of carboxylic acids is 2. The van der Waals surface area contributed by atoms with Gasteiger partial charge in [0.05, 0.1) is 4.70 Å². The molecular formula is C20H20FNO5S. The molecule has 3 aromatic rings. The quantitative estimate of drug-likeness (QED) is 0.538. The van der Waals surface area contributed by atoms with Gasteiger partial charge in [0.15, 0.2) is 0 Å². The van der Waals surface area contributed by atoms with E-state index in [1.807, 2.05) is 30.6 Å². The zero-order chi connectivity index (χ0) is 20.5. The first kappa shape index (κ1) is 21.3. The van der Waals surface area contributed by atoms with E-state index in [1.54, 1.807) is 12.1 Å². The second-order valence-electron chi connectivity index (χ2n) is 5.73. The second-order valence-corrected chi connectivity index (χ2v) is 6.64. The van der Waals surface area contributed by atoms with Crippen molar-refractivity contribution < 1.29 is 28.9 Å². The van der Waals surface area contributed by atoms with Gasteiger partial charge in [-0.25, -0.2) is 14.0 Å². The number of fused-ring (bicyclic) bond motifs is 1. The molecule has 3 N–H and O–H groups in total. The Bertz CT molecular complexity index is 917. The van der Waals surface area contributed by atoms with Crippen molar-refractivity contribution in [2.24, 2.45) is 0 Å². The summed E-state index contributed by atoms with van der Waals surface area (Å²) in [5.74, 6) is -3.10. The molecule has 148 valence electrons. The number of hydrogen-bond donors (Lipinski definition) is 3. The Kier molecular flexibility index (Phi) is 7.91. The predicted molar refractivity (Wildman–Crippen MR) is 105 cm³/mol. The molecule has 0 saturated heterocycles. The van der Waals surface area contributed by atoms with Gasteiger partial charge in [-0.15, -0.1) is 11.3 Å². The predicted octanol–water partition coefficient (Wildman–Crippen LogP) is 3.93. The minimum atomic E-state index is -1.82. The summed E-state index contributed by atoms with van der Waals surface area (Å²) in [4.78, 5) is 18.2. The molecule has 8 heteroatoms. The molecule has 0 bridgehead atoms. The van der Waals surface area contributed by atoms with E-state index in [-0.39, 0.29) is 11.9 Å². The third-order valence-electron chi connectivity index (χ3n) is 3.81. The van der Waals surface area contributed by atoms with Crippen LogP contribution in [-0.2, 0) is 9.59 Å². The van der Waals surface area contributed by atoms with Crippen LogP contribution in [0.2, 0.25) is 0 Å². The largest absolute Gasteiger partial charge is 0.484 e. The molecule has 6 nitrogen and oxygen atoms in total. The summed E-state index contributed by atoms with van der Waals surface area (Å²) in [6.45, 7) is 0.855. The van der Waals surface area contributed by atoms with Crippen molar-refractivity contribution in [1.29, 1.82) is 0 Å². The Labute approximate surface area is 165 Å². The first-order valence-electron chi connectivity index (χ1n) is 8.42. The zero-order valence-corrected chi connectivity index (χ0v) is 15.9. The maximum absolute atomic E-state index is 13.8. The summed E-state index contributed by atoms with van der Waals surface area (Å²) in [6.07, 6.45) is 0.800. The van der Waals surface area contributed by atoms with Gasteiger partial charge in [-0.3, -0.25) is 0 Å². The van der Waals surface area contributed by atoms with E-state index in [2.05, 4.69) is 17.4 Å². The molecule has 1 aromatic heterocycles. The number of carboxylic acid groups (broad SMARTS) is 2. The van der Waals surface area contributed by atoms with Crippen LogP contribution in [0.15, 0.2) is 53.9 Å². The lowest BCUT2D eigenvalue weighted by Crippen LogP contribution is -2.16. The van der Waals surface area contributed by atoms with Crippen LogP contribution in [0.1, 0.15) is 18.1 Å². The SMILES string of the molecule is CNCC[C@@H](Oc1ccc(F)c2ccsc12)c1ccccc1.O=C(O)C(=O)O. The van der Waals surface area contributed by atoms with Crippen molar-refractivity contribution >= 4 is 33.4 Å². The van der Waals surface area contributed by atoms with Gasteiger partial charge in [0.1, 0.15) is 17.7 Å². The molecule has 0 unspecified atom stereocenters. The topological polar surface area (TPSA) is 95.9 Å². The normalized spacial score (nSPS) is 11.4. The van der Waals surface area contributed by atoms with E-state index in [4.69, 9.17) is 24.5 Å². The van der Waals surface area contributed by atoms with Crippen molar-refractivity contribution in [1.82, 2.24) is 5.32 Å². The summed E-state index contributed by atoms with van der Waals surface area (Å²) in [6, 6.07) is 15.1. The smallest absolute Gasteiger partial charge is 0.414 e. The standard InChI is InChI=1S/C18H18FNOS.C2H2O4/c1-20-11-9-16(13-5-3-2-4-6-13)21-17-8-7-15(19)14-10-12-22-18(14)17;3-1(4)2(5)6/h2-8,10,12,16,20H,9,11H2,1H3;(H,3,4)(H,5,6)/t16-;/m1./s1. The lowest BCUT2D eigenvalue weighted by molar-refractivity contribution is -0.159. The molecule has 0 aliphatic carbocycles. The minimum Gasteiger partial charge on any atom is -0.484 e. The van der Waals surface area contributed by atoms with Crippen LogP contribution in [-0.4, -0.2) is 35.7 Å². The summed E-state index contributed by atoms with van der Waals surface area (Å²) >= 11 is 1.51. The van der Waals surface area contributed by atoms with Crippen LogP contribution in [0.3, 0.4) is 0 Å². The zero-order valence-electron chi connectivity index (χ0n) is 15.1. The van der Waals surface area contributed by atoms with E-state index in [0.717, 1.165) is 29.0 Å². The number of rotatable bonds is 6. The van der Waals surface area contributed by atoms with Crippen LogP contribution in [0, 0.1) is 5.82 Å². The monoisotopic (exact) mass is 405 g/mol. The van der Waals surface area contributed by atoms with E-state index < -0.39 is 11.9 Å². The molecule has 2 aromatic carbocycles. The number of carbonyl (C=O) groups is 2. The van der Waals surface area contributed by atoms with Gasteiger partial charge in [0.25, 0.3) is 0 Å². The van der Waals surface area contributed by atoms with Gasteiger partial charge in [-0.1, -0.05) is 30.3 Å². The molecule has 0 spiro atoms. The molecule has 0 aliphatic heterocycles. The first-order valence-corrected chi connectivity index (χ1v) is 9.30. The number of hydrogen-bond acceptors (Lipinski definition) is 5. The molecule has 0 radical (unpaired) electrons. The average molecular weight is 405 g/mol. The molecule has 3 rings (SSSR count). The van der Waals surface area contributed by atoms with Crippen LogP contribution in [0.4, 0.5) is 4.39 Å². The minimum absolute atomic E-state index is 0.0515. The van der Waals surface area contributed by atoms with Crippen molar-refractivity contribution in [3.8, 4) is 5.75 Å². The van der Waals surface area contributed by atoms with Gasteiger partial charge in [-0.2, -0.15) is 0 Å². The van der Waals surface area contributed by atoms with E-state index in [0.29, 0.717) is 5.39 Å². The van der Waals surface area contributed by atoms with Gasteiger partial charge in [0.2, 0.25) is 0 Å². The Morgan fingerprint density at radius 2 is 1.79 bits per heavy atom. The summed E-state index contributed by atoms with van der Waals surface area (Å²) in [5, 5.41) is 20.5. The fourth-order valence-electron chi connectivity index (χ4n) is 2.49. The molecule has 0 amide bonds. The van der Waals surface area contributed by atoms with Gasteiger partial charge >= 0.3 is 11.9 Å². The highest BCUT2D eigenvalue weighted by Crippen LogP contribution is 2.35. The third-order valence-corrected chi connectivity index (χ3v) is 4.74. The van der Waals surface area contributed by atoms with Crippen LogP contribution in [0.5, 0.6) is 5.75 Å². The number of halogens is 1. The van der Waals surface area contributed by atoms with Crippen LogP contribution < -0.4 is 10.1 Å². The van der Waals surface area contributed by atoms with Crippen molar-refractivity contribution in [2.45, 2.75) is 12.5 Å². The Balaban J connectivity index is 0.000000409. The molecule has 0 saturated carbocycles. The number of aliphatic carboxylic acids is 2. The van der Waals surface area contributed by atoms with Gasteiger partial charge in [0, 0.05) is 11.8 Å². The molecular weight excluding hydrogens is 385 g/mol. The van der Waals surface area contributed by atoms with Crippen molar-refractivity contribution in [3.05, 3.63) is 65.3 Å². The molecule has 0 aliphatic rings. The Morgan fingerprint density at radius 3 is 2.39 bits per heavy atom. The summed E-state index contributed by atoms with van der Waals surface area (Å²) < 4.78 is 20.9. The summed E-state index contributed by atoms with van der Waals surface area (Å²) in [5.41, 5.74) is 1.13. The highest BCUT2D eigenvalue weighted by Gasteiger charge is 2.16. The number of ether oxygens (including phenoxy) is 1. The summed E-state index contributed by atoms with van der Waals surface area (Å²) in [7, 11) is 1.93. The third kappa shape index (κ3) is 5.77. The fourth-order valence-corrected chi connectivity index (χ4v) is 3.35. The van der Waals surface area contributed by atoms with E-state index in [9.17, 15) is 4.39 Å². The highest BCUT2D eigenvalue weighted by atomic mass is 32.1. The van der Waals surface area contributed by atoms with Crippen molar-refractivity contribution in [3.63, 3.8) is 0 Å². The van der Waals surface area contributed by atoms with E-state index >= 15 is 0 Å². The second kappa shape index (κ2) is 10.4. The maximum atomic E-state index is 13.8. The van der Waals surface area contributed by atoms with Crippen LogP contribution in [0.25, 0.3) is 10.1 Å². The molecule has 1 atom stereocenters. The maximum Gasteiger partial charge on any atom is 0.414 e.